The van der Waals surface area contributed by atoms with Gasteiger partial charge in [-0.1, -0.05) is 30.9 Å². The van der Waals surface area contributed by atoms with Crippen LogP contribution in [0.3, 0.4) is 0 Å². The highest BCUT2D eigenvalue weighted by Gasteiger charge is 2.26. The number of hydrogen-bond acceptors (Lipinski definition) is 0. The van der Waals surface area contributed by atoms with Crippen LogP contribution in [0.4, 0.5) is 0 Å². The Morgan fingerprint density at radius 3 is 2.27 bits per heavy atom. The molecule has 0 unspecified atom stereocenters. The first kappa shape index (κ1) is 10.9. The molecule has 2 rings (SSSR count). The maximum absolute atomic E-state index is 5.89. The van der Waals surface area contributed by atoms with Gasteiger partial charge in [0.2, 0.25) is 0 Å². The molecule has 0 radical (unpaired) electrons. The van der Waals surface area contributed by atoms with Gasteiger partial charge in [0, 0.05) is 43.0 Å². The summed E-state index contributed by atoms with van der Waals surface area (Å²) in [5.41, 5.74) is 1.37. The van der Waals surface area contributed by atoms with E-state index in [1.165, 1.54) is 37.7 Å². The van der Waals surface area contributed by atoms with Crippen molar-refractivity contribution in [1.29, 1.82) is 0 Å². The lowest BCUT2D eigenvalue weighted by molar-refractivity contribution is 0.378. The molecule has 0 aliphatic heterocycles. The molecular weight excluding hydrogens is 204 g/mol. The summed E-state index contributed by atoms with van der Waals surface area (Å²) < 4.78 is 0. The zero-order valence-corrected chi connectivity index (χ0v) is 10.1. The summed E-state index contributed by atoms with van der Waals surface area (Å²) in [4.78, 5) is 0. The van der Waals surface area contributed by atoms with Crippen LogP contribution in [0.25, 0.3) is 0 Å². The largest absolute Gasteiger partial charge is 0.132 e. The molecule has 1 aliphatic rings. The lowest BCUT2D eigenvalue weighted by Gasteiger charge is -2.23. The van der Waals surface area contributed by atoms with E-state index in [9.17, 15) is 0 Å². The minimum Gasteiger partial charge on any atom is -0.0818 e. The highest BCUT2D eigenvalue weighted by Crippen LogP contribution is 2.35. The first-order valence-electron chi connectivity index (χ1n) is 5.87. The Hall–Kier alpha value is -0.620. The van der Waals surface area contributed by atoms with Gasteiger partial charge in [0.1, 0.15) is 5.56 Å². The lowest BCUT2D eigenvalue weighted by Crippen LogP contribution is -2.14. The van der Waals surface area contributed by atoms with Crippen molar-refractivity contribution >= 4 is 11.6 Å². The second-order valence-electron chi connectivity index (χ2n) is 4.52. The molecule has 0 spiro atoms. The first-order valence-corrected chi connectivity index (χ1v) is 6.24. The van der Waals surface area contributed by atoms with Gasteiger partial charge in [-0.15, -0.1) is 0 Å². The van der Waals surface area contributed by atoms with Gasteiger partial charge < -0.3 is 0 Å². The fraction of sp³-hybridized carbons (Fsp3) is 0.500. The van der Waals surface area contributed by atoms with Crippen LogP contribution in [0.1, 0.15) is 44.6 Å². The molecule has 0 bridgehead atoms. The summed E-state index contributed by atoms with van der Waals surface area (Å²) >= 11 is 5.89. The normalized spacial score (nSPS) is 17.7. The number of hydrogen-bond donors (Lipinski definition) is 0. The van der Waals surface area contributed by atoms with Crippen LogP contribution in [-0.2, 0) is 0 Å². The topological polar surface area (TPSA) is 0 Å². The highest BCUT2D eigenvalue weighted by molar-refractivity contribution is 6.30. The quantitative estimate of drug-likeness (QED) is 0.626. The Morgan fingerprint density at radius 2 is 1.67 bits per heavy atom. The average molecular weight is 222 g/mol. The summed E-state index contributed by atoms with van der Waals surface area (Å²) in [7, 11) is 0. The molecule has 1 aliphatic carbocycles. The van der Waals surface area contributed by atoms with Gasteiger partial charge in [0.25, 0.3) is 0 Å². The van der Waals surface area contributed by atoms with Crippen LogP contribution < -0.4 is 0 Å². The molecule has 1 aromatic rings. The number of rotatable bonds is 2. The second kappa shape index (κ2) is 4.94. The fourth-order valence-corrected chi connectivity index (χ4v) is 2.61. The SMILES string of the molecule is C[C+](c1ccc(Cl)cc1)C1CCCCC1. The standard InChI is InChI=1S/C14H18Cl/c1-11(12-5-3-2-4-6-12)13-7-9-14(15)10-8-13/h7-10,12H,2-6H2,1H3/q+1. The Bertz CT molecular complexity index is 296. The smallest absolute Gasteiger partial charge is 0.0818 e. The zero-order valence-electron chi connectivity index (χ0n) is 9.30. The van der Waals surface area contributed by atoms with Gasteiger partial charge in [0.15, 0.2) is 0 Å². The summed E-state index contributed by atoms with van der Waals surface area (Å²) in [5.74, 6) is 2.35. The van der Waals surface area contributed by atoms with Gasteiger partial charge >= 0.3 is 0 Å². The summed E-state index contributed by atoms with van der Waals surface area (Å²) in [6.45, 7) is 2.28. The summed E-state index contributed by atoms with van der Waals surface area (Å²) in [5, 5.41) is 0.829. The monoisotopic (exact) mass is 221 g/mol. The molecular formula is C14H18Cl+. The van der Waals surface area contributed by atoms with Crippen molar-refractivity contribution in [2.75, 3.05) is 0 Å². The van der Waals surface area contributed by atoms with E-state index in [1.54, 1.807) is 5.92 Å². The van der Waals surface area contributed by atoms with Crippen LogP contribution in [0, 0.1) is 11.8 Å². The third-order valence-electron chi connectivity index (χ3n) is 3.52. The molecule has 80 valence electrons. The molecule has 1 heteroatoms. The Balaban J connectivity index is 2.05. The Labute approximate surface area is 97.6 Å². The van der Waals surface area contributed by atoms with Crippen molar-refractivity contribution in [3.8, 4) is 0 Å². The van der Waals surface area contributed by atoms with Crippen LogP contribution in [0.5, 0.6) is 0 Å². The van der Waals surface area contributed by atoms with Crippen molar-refractivity contribution < 1.29 is 0 Å². The Morgan fingerprint density at radius 1 is 1.07 bits per heavy atom. The van der Waals surface area contributed by atoms with Crippen molar-refractivity contribution in [1.82, 2.24) is 0 Å². The van der Waals surface area contributed by atoms with Gasteiger partial charge in [0.05, 0.1) is 5.02 Å². The van der Waals surface area contributed by atoms with Crippen molar-refractivity contribution in [2.24, 2.45) is 5.92 Å². The van der Waals surface area contributed by atoms with Gasteiger partial charge in [-0.25, -0.2) is 0 Å². The zero-order chi connectivity index (χ0) is 10.7. The van der Waals surface area contributed by atoms with Crippen LogP contribution >= 0.6 is 11.6 Å². The maximum atomic E-state index is 5.89. The van der Waals surface area contributed by atoms with Crippen LogP contribution in [-0.4, -0.2) is 0 Å². The Kier molecular flexibility index (Phi) is 3.58. The molecule has 15 heavy (non-hydrogen) atoms. The van der Waals surface area contributed by atoms with E-state index in [2.05, 4.69) is 19.1 Å². The number of halogens is 1. The third-order valence-corrected chi connectivity index (χ3v) is 3.77. The van der Waals surface area contributed by atoms with Gasteiger partial charge in [-0.2, -0.15) is 0 Å². The predicted molar refractivity (Wildman–Crippen MR) is 66.0 cm³/mol. The fourth-order valence-electron chi connectivity index (χ4n) is 2.48. The maximum Gasteiger partial charge on any atom is 0.132 e. The molecule has 1 aromatic carbocycles. The van der Waals surface area contributed by atoms with E-state index in [1.807, 2.05) is 12.1 Å². The van der Waals surface area contributed by atoms with Crippen molar-refractivity contribution in [3.63, 3.8) is 0 Å². The molecule has 0 atom stereocenters. The second-order valence-corrected chi connectivity index (χ2v) is 4.96. The van der Waals surface area contributed by atoms with E-state index < -0.39 is 0 Å². The molecule has 0 nitrogen and oxygen atoms in total. The van der Waals surface area contributed by atoms with E-state index >= 15 is 0 Å². The van der Waals surface area contributed by atoms with E-state index in [4.69, 9.17) is 11.6 Å². The van der Waals surface area contributed by atoms with Gasteiger partial charge in [-0.3, -0.25) is 0 Å². The van der Waals surface area contributed by atoms with Crippen molar-refractivity contribution in [2.45, 2.75) is 39.0 Å². The van der Waals surface area contributed by atoms with Crippen LogP contribution in [0.15, 0.2) is 24.3 Å². The molecule has 0 aromatic heterocycles. The minimum atomic E-state index is 0.805. The predicted octanol–water partition coefficient (Wildman–Crippen LogP) is 4.86. The molecule has 0 N–H and O–H groups in total. The number of benzene rings is 1. The third kappa shape index (κ3) is 2.69. The highest BCUT2D eigenvalue weighted by atomic mass is 35.5. The first-order chi connectivity index (χ1) is 7.27. The van der Waals surface area contributed by atoms with E-state index in [-0.39, 0.29) is 0 Å². The van der Waals surface area contributed by atoms with Crippen molar-refractivity contribution in [3.05, 3.63) is 40.8 Å². The summed E-state index contributed by atoms with van der Waals surface area (Å²) in [6.07, 6.45) is 6.96. The lowest BCUT2D eigenvalue weighted by atomic mass is 9.78. The average Bonchev–Trinajstić information content (AvgIpc) is 2.30. The van der Waals surface area contributed by atoms with Crippen LogP contribution in [0.2, 0.25) is 5.02 Å². The minimum absolute atomic E-state index is 0.805. The molecule has 0 saturated heterocycles. The molecule has 1 saturated carbocycles. The van der Waals surface area contributed by atoms with E-state index in [0.717, 1.165) is 10.9 Å². The van der Waals surface area contributed by atoms with E-state index in [0.29, 0.717) is 0 Å². The summed E-state index contributed by atoms with van der Waals surface area (Å²) in [6, 6.07) is 8.27. The molecule has 0 amide bonds. The molecule has 0 heterocycles. The van der Waals surface area contributed by atoms with Gasteiger partial charge in [-0.05, 0) is 12.8 Å². The molecule has 1 fully saturated rings.